The van der Waals surface area contributed by atoms with Crippen LogP contribution in [0.2, 0.25) is 0 Å². The van der Waals surface area contributed by atoms with Crippen LogP contribution in [0, 0.1) is 6.92 Å². The molecule has 0 aliphatic carbocycles. The standard InChI is InChI=1S/C23H16NOS/c1-13-6-5-9-18-20(13)23-22-15(10-11-24(23)2)21-14-7-3-4-8-16(14)25-17(21)12-19(22)26-18/h3-12H,1-2H3/q+1. The molecule has 0 saturated carbocycles. The number of para-hydroxylation sites is 1. The second-order valence-corrected chi connectivity index (χ2v) is 8.04. The van der Waals surface area contributed by atoms with Gasteiger partial charge in [-0.1, -0.05) is 42.1 Å². The predicted molar refractivity (Wildman–Crippen MR) is 107 cm³/mol. The summed E-state index contributed by atoms with van der Waals surface area (Å²) >= 11 is 1.85. The summed E-state index contributed by atoms with van der Waals surface area (Å²) in [4.78, 5) is 2.59. The Morgan fingerprint density at radius 2 is 1.73 bits per heavy atom. The van der Waals surface area contributed by atoms with Gasteiger partial charge in [0.2, 0.25) is 5.69 Å². The lowest BCUT2D eigenvalue weighted by Crippen LogP contribution is -2.31. The molecule has 0 spiro atoms. The Balaban J connectivity index is 1.90. The molecule has 2 nitrogen and oxygen atoms in total. The third-order valence-electron chi connectivity index (χ3n) is 5.42. The zero-order chi connectivity index (χ0) is 17.4. The maximum atomic E-state index is 6.19. The smallest absolute Gasteiger partial charge is 0.222 e. The predicted octanol–water partition coefficient (Wildman–Crippen LogP) is 6.00. The van der Waals surface area contributed by atoms with E-state index in [0.29, 0.717) is 0 Å². The molecule has 3 heteroatoms. The maximum absolute atomic E-state index is 6.19. The third-order valence-corrected chi connectivity index (χ3v) is 6.52. The van der Waals surface area contributed by atoms with Crippen LogP contribution < -0.4 is 4.57 Å². The van der Waals surface area contributed by atoms with E-state index in [1.165, 1.54) is 48.2 Å². The van der Waals surface area contributed by atoms with Crippen LogP contribution in [0.15, 0.2) is 75.0 Å². The van der Waals surface area contributed by atoms with Gasteiger partial charge in [0.25, 0.3) is 0 Å². The fraction of sp³-hybridized carbons (Fsp3) is 0.0870. The summed E-state index contributed by atoms with van der Waals surface area (Å²) in [5, 5.41) is 5.02. The molecule has 124 valence electrons. The van der Waals surface area contributed by atoms with E-state index in [4.69, 9.17) is 4.42 Å². The van der Waals surface area contributed by atoms with Crippen molar-refractivity contribution in [2.45, 2.75) is 16.7 Å². The van der Waals surface area contributed by atoms with Crippen molar-refractivity contribution in [3.05, 3.63) is 66.4 Å². The molecule has 3 aromatic carbocycles. The summed E-state index contributed by atoms with van der Waals surface area (Å²) in [6.07, 6.45) is 2.18. The maximum Gasteiger partial charge on any atom is 0.222 e. The average Bonchev–Trinajstić information content (AvgIpc) is 3.01. The fourth-order valence-electron chi connectivity index (χ4n) is 4.27. The van der Waals surface area contributed by atoms with Gasteiger partial charge >= 0.3 is 0 Å². The van der Waals surface area contributed by atoms with E-state index in [-0.39, 0.29) is 0 Å². The molecular formula is C23H16NOS+. The molecule has 0 fully saturated rings. The first-order valence-electron chi connectivity index (χ1n) is 8.77. The van der Waals surface area contributed by atoms with E-state index in [0.717, 1.165) is 11.2 Å². The molecule has 0 saturated heterocycles. The van der Waals surface area contributed by atoms with Crippen LogP contribution in [0.3, 0.4) is 0 Å². The Bertz CT molecular complexity index is 1380. The van der Waals surface area contributed by atoms with Crippen LogP contribution in [-0.4, -0.2) is 0 Å². The average molecular weight is 354 g/mol. The molecule has 1 aliphatic rings. The summed E-state index contributed by atoms with van der Waals surface area (Å²) in [6.45, 7) is 2.20. The largest absolute Gasteiger partial charge is 0.456 e. The fourth-order valence-corrected chi connectivity index (χ4v) is 5.49. The van der Waals surface area contributed by atoms with Crippen molar-refractivity contribution in [1.29, 1.82) is 0 Å². The summed E-state index contributed by atoms with van der Waals surface area (Å²) in [5.41, 5.74) is 5.90. The number of furan rings is 1. The van der Waals surface area contributed by atoms with Gasteiger partial charge in [-0.05, 0) is 30.7 Å². The molecule has 1 aliphatic heterocycles. The SMILES string of the molecule is Cc1cccc2c1-c1c3c(cc4oc5ccccc5c4c3cc[n+]1C)S2. The molecule has 0 bridgehead atoms. The van der Waals surface area contributed by atoms with Crippen molar-refractivity contribution in [2.24, 2.45) is 7.05 Å². The third kappa shape index (κ3) is 1.71. The van der Waals surface area contributed by atoms with E-state index >= 15 is 0 Å². The first-order chi connectivity index (χ1) is 12.7. The van der Waals surface area contributed by atoms with Gasteiger partial charge in [-0.2, -0.15) is 0 Å². The quantitative estimate of drug-likeness (QED) is 0.311. The highest BCUT2D eigenvalue weighted by molar-refractivity contribution is 7.99. The molecule has 0 atom stereocenters. The van der Waals surface area contributed by atoms with Crippen molar-refractivity contribution < 1.29 is 8.98 Å². The molecular weight excluding hydrogens is 338 g/mol. The first-order valence-corrected chi connectivity index (χ1v) is 9.58. The lowest BCUT2D eigenvalue weighted by molar-refractivity contribution is -0.659. The van der Waals surface area contributed by atoms with Crippen molar-refractivity contribution in [3.8, 4) is 11.3 Å². The molecule has 26 heavy (non-hydrogen) atoms. The van der Waals surface area contributed by atoms with Crippen molar-refractivity contribution in [3.63, 3.8) is 0 Å². The first kappa shape index (κ1) is 14.4. The number of benzene rings is 3. The van der Waals surface area contributed by atoms with E-state index in [9.17, 15) is 0 Å². The van der Waals surface area contributed by atoms with E-state index in [1.54, 1.807) is 0 Å². The number of hydrogen-bond acceptors (Lipinski definition) is 2. The molecule has 0 unspecified atom stereocenters. The number of rotatable bonds is 0. The molecule has 3 heterocycles. The highest BCUT2D eigenvalue weighted by Gasteiger charge is 2.29. The minimum atomic E-state index is 0.952. The monoisotopic (exact) mass is 354 g/mol. The Morgan fingerprint density at radius 1 is 0.846 bits per heavy atom. The highest BCUT2D eigenvalue weighted by atomic mass is 32.2. The molecule has 5 aromatic rings. The lowest BCUT2D eigenvalue weighted by Gasteiger charge is -2.19. The van der Waals surface area contributed by atoms with E-state index in [2.05, 4.69) is 73.3 Å². The van der Waals surface area contributed by atoms with E-state index < -0.39 is 0 Å². The van der Waals surface area contributed by atoms with Gasteiger partial charge < -0.3 is 4.42 Å². The van der Waals surface area contributed by atoms with Gasteiger partial charge in [0.05, 0.1) is 10.9 Å². The molecule has 2 aromatic heterocycles. The molecule has 0 radical (unpaired) electrons. The second kappa shape index (κ2) is 4.89. The van der Waals surface area contributed by atoms with Crippen LogP contribution in [0.5, 0.6) is 0 Å². The van der Waals surface area contributed by atoms with E-state index in [1.807, 2.05) is 17.8 Å². The number of hydrogen-bond donors (Lipinski definition) is 0. The highest BCUT2D eigenvalue weighted by Crippen LogP contribution is 2.50. The van der Waals surface area contributed by atoms with Crippen LogP contribution in [0.25, 0.3) is 44.0 Å². The number of fused-ring (bicyclic) bond motifs is 6. The van der Waals surface area contributed by atoms with Gasteiger partial charge in [0.1, 0.15) is 18.2 Å². The normalized spacial score (nSPS) is 12.8. The summed E-state index contributed by atoms with van der Waals surface area (Å²) in [7, 11) is 2.14. The van der Waals surface area contributed by atoms with Gasteiger partial charge in [0.15, 0.2) is 6.20 Å². The number of aryl methyl sites for hydroxylation is 2. The van der Waals surface area contributed by atoms with Crippen molar-refractivity contribution >= 4 is 44.5 Å². The summed E-state index contributed by atoms with van der Waals surface area (Å²) < 4.78 is 8.44. The minimum Gasteiger partial charge on any atom is -0.456 e. The summed E-state index contributed by atoms with van der Waals surface area (Å²) in [6, 6.07) is 19.3. The Kier molecular flexibility index (Phi) is 2.71. The number of aromatic nitrogens is 1. The van der Waals surface area contributed by atoms with Crippen LogP contribution in [0.1, 0.15) is 5.56 Å². The Labute approximate surface area is 155 Å². The van der Waals surface area contributed by atoms with Gasteiger partial charge in [-0.25, -0.2) is 4.57 Å². The van der Waals surface area contributed by atoms with Crippen LogP contribution in [0.4, 0.5) is 0 Å². The second-order valence-electron chi connectivity index (χ2n) is 6.96. The minimum absolute atomic E-state index is 0.952. The van der Waals surface area contributed by atoms with Crippen molar-refractivity contribution in [1.82, 2.24) is 0 Å². The molecule has 0 N–H and O–H groups in total. The van der Waals surface area contributed by atoms with Crippen LogP contribution in [-0.2, 0) is 7.05 Å². The summed E-state index contributed by atoms with van der Waals surface area (Å²) in [5.74, 6) is 0. The topological polar surface area (TPSA) is 17.0 Å². The van der Waals surface area contributed by atoms with Crippen LogP contribution >= 0.6 is 11.8 Å². The molecule has 6 rings (SSSR count). The lowest BCUT2D eigenvalue weighted by atomic mass is 9.96. The van der Waals surface area contributed by atoms with Gasteiger partial charge in [0, 0.05) is 32.0 Å². The van der Waals surface area contributed by atoms with Gasteiger partial charge in [-0.15, -0.1) is 0 Å². The zero-order valence-electron chi connectivity index (χ0n) is 14.5. The Hall–Kier alpha value is -2.78. The van der Waals surface area contributed by atoms with Crippen molar-refractivity contribution in [2.75, 3.05) is 0 Å². The zero-order valence-corrected chi connectivity index (χ0v) is 15.4. The van der Waals surface area contributed by atoms with Gasteiger partial charge in [-0.3, -0.25) is 0 Å². The number of nitrogens with zero attached hydrogens (tertiary/aromatic N) is 1. The number of pyridine rings is 1. The molecule has 0 amide bonds. The Morgan fingerprint density at radius 3 is 2.65 bits per heavy atom.